The van der Waals surface area contributed by atoms with E-state index in [4.69, 9.17) is 5.73 Å². The van der Waals surface area contributed by atoms with Crippen LogP contribution in [0.1, 0.15) is 39.4 Å². The second-order valence-electron chi connectivity index (χ2n) is 2.88. The predicted octanol–water partition coefficient (Wildman–Crippen LogP) is 2.04. The fraction of sp³-hybridized carbons (Fsp3) is 0.333. The second kappa shape index (κ2) is 3.30. The summed E-state index contributed by atoms with van der Waals surface area (Å²) in [6.07, 6.45) is 0. The lowest BCUT2D eigenvalue weighted by atomic mass is 10.0. The monoisotopic (exact) mass is 197 g/mol. The Kier molecular flexibility index (Phi) is 2.52. The fourth-order valence-electron chi connectivity index (χ4n) is 1.34. The molecule has 1 aromatic heterocycles. The Morgan fingerprint density at radius 1 is 1.15 bits per heavy atom. The molecule has 3 nitrogen and oxygen atoms in total. The van der Waals surface area contributed by atoms with Crippen molar-refractivity contribution in [2.24, 2.45) is 0 Å². The number of anilines is 1. The first-order chi connectivity index (χ1) is 5.95. The molecule has 0 saturated heterocycles. The maximum absolute atomic E-state index is 11.2. The molecule has 1 aromatic rings. The third kappa shape index (κ3) is 1.62. The average molecular weight is 197 g/mol. The number of carbonyl (C=O) groups is 2. The van der Waals surface area contributed by atoms with E-state index in [9.17, 15) is 9.59 Å². The Morgan fingerprint density at radius 3 is 1.92 bits per heavy atom. The van der Waals surface area contributed by atoms with Gasteiger partial charge in [0, 0.05) is 10.4 Å². The standard InChI is InChI=1S/C9H11NO2S/c1-4(11)7-6(3)13-9(10)8(7)5(2)12/h10H2,1-3H3. The van der Waals surface area contributed by atoms with Gasteiger partial charge in [0.2, 0.25) is 0 Å². The van der Waals surface area contributed by atoms with E-state index >= 15 is 0 Å². The van der Waals surface area contributed by atoms with Crippen LogP contribution in [0.2, 0.25) is 0 Å². The lowest BCUT2D eigenvalue weighted by Gasteiger charge is -1.97. The largest absolute Gasteiger partial charge is 0.390 e. The van der Waals surface area contributed by atoms with Crippen LogP contribution < -0.4 is 5.73 Å². The molecule has 0 spiro atoms. The number of carbonyl (C=O) groups excluding carboxylic acids is 2. The SMILES string of the molecule is CC(=O)c1c(C)sc(N)c1C(C)=O. The molecule has 0 radical (unpaired) electrons. The minimum absolute atomic E-state index is 0.101. The topological polar surface area (TPSA) is 60.2 Å². The van der Waals surface area contributed by atoms with E-state index in [2.05, 4.69) is 0 Å². The van der Waals surface area contributed by atoms with Gasteiger partial charge in [0.1, 0.15) is 0 Å². The van der Waals surface area contributed by atoms with E-state index in [0.717, 1.165) is 4.88 Å². The van der Waals surface area contributed by atoms with Crippen LogP contribution in [0.5, 0.6) is 0 Å². The zero-order valence-corrected chi connectivity index (χ0v) is 8.62. The normalized spacial score (nSPS) is 10.1. The van der Waals surface area contributed by atoms with Crippen LogP contribution in [0.4, 0.5) is 5.00 Å². The Morgan fingerprint density at radius 2 is 1.62 bits per heavy atom. The van der Waals surface area contributed by atoms with Gasteiger partial charge in [-0.15, -0.1) is 11.3 Å². The lowest BCUT2D eigenvalue weighted by molar-refractivity contribution is 0.0982. The molecule has 0 saturated carbocycles. The van der Waals surface area contributed by atoms with Crippen molar-refractivity contribution in [3.05, 3.63) is 16.0 Å². The van der Waals surface area contributed by atoms with Crippen LogP contribution in [0.25, 0.3) is 0 Å². The quantitative estimate of drug-likeness (QED) is 0.738. The summed E-state index contributed by atoms with van der Waals surface area (Å²) >= 11 is 1.29. The Labute approximate surface area is 80.6 Å². The van der Waals surface area contributed by atoms with Gasteiger partial charge in [0.25, 0.3) is 0 Å². The highest BCUT2D eigenvalue weighted by Crippen LogP contribution is 2.30. The summed E-state index contributed by atoms with van der Waals surface area (Å²) in [4.78, 5) is 23.2. The summed E-state index contributed by atoms with van der Waals surface area (Å²) in [6.45, 7) is 4.66. The smallest absolute Gasteiger partial charge is 0.163 e. The van der Waals surface area contributed by atoms with Crippen molar-refractivity contribution in [3.8, 4) is 0 Å². The maximum atomic E-state index is 11.2. The van der Waals surface area contributed by atoms with Gasteiger partial charge >= 0.3 is 0 Å². The molecule has 0 fully saturated rings. The Bertz CT molecular complexity index is 345. The molecule has 0 unspecified atom stereocenters. The van der Waals surface area contributed by atoms with E-state index in [1.54, 1.807) is 6.92 Å². The van der Waals surface area contributed by atoms with Gasteiger partial charge in [-0.2, -0.15) is 0 Å². The minimum atomic E-state index is -0.146. The number of Topliss-reactive ketones (excluding diaryl/α,β-unsaturated/α-hetero) is 2. The van der Waals surface area contributed by atoms with Crippen molar-refractivity contribution >= 4 is 27.9 Å². The molecular formula is C9H11NO2S. The fourth-order valence-corrected chi connectivity index (χ4v) is 2.37. The van der Waals surface area contributed by atoms with Gasteiger partial charge in [0.15, 0.2) is 11.6 Å². The van der Waals surface area contributed by atoms with Crippen molar-refractivity contribution in [2.45, 2.75) is 20.8 Å². The van der Waals surface area contributed by atoms with E-state index in [-0.39, 0.29) is 11.6 Å². The first-order valence-electron chi connectivity index (χ1n) is 3.86. The maximum Gasteiger partial charge on any atom is 0.163 e. The number of ketones is 2. The Balaban J connectivity index is 3.47. The van der Waals surface area contributed by atoms with Crippen molar-refractivity contribution < 1.29 is 9.59 Å². The van der Waals surface area contributed by atoms with E-state index in [0.29, 0.717) is 16.1 Å². The number of hydrogen-bond donors (Lipinski definition) is 1. The molecule has 2 N–H and O–H groups in total. The molecular weight excluding hydrogens is 186 g/mol. The molecule has 0 amide bonds. The summed E-state index contributed by atoms with van der Waals surface area (Å²) in [6, 6.07) is 0. The Hall–Kier alpha value is -1.16. The lowest BCUT2D eigenvalue weighted by Crippen LogP contribution is -2.04. The zero-order valence-electron chi connectivity index (χ0n) is 7.80. The van der Waals surface area contributed by atoms with Crippen LogP contribution in [0.3, 0.4) is 0 Å². The molecule has 0 bridgehead atoms. The van der Waals surface area contributed by atoms with E-state index in [1.807, 2.05) is 0 Å². The van der Waals surface area contributed by atoms with Crippen LogP contribution in [0.15, 0.2) is 0 Å². The summed E-state index contributed by atoms with van der Waals surface area (Å²) in [5.41, 5.74) is 6.49. The third-order valence-electron chi connectivity index (χ3n) is 1.82. The molecule has 0 aliphatic carbocycles. The molecule has 70 valence electrons. The van der Waals surface area contributed by atoms with Crippen LogP contribution in [0, 0.1) is 6.92 Å². The van der Waals surface area contributed by atoms with Crippen molar-refractivity contribution in [3.63, 3.8) is 0 Å². The van der Waals surface area contributed by atoms with Gasteiger partial charge in [-0.1, -0.05) is 0 Å². The predicted molar refractivity (Wildman–Crippen MR) is 53.5 cm³/mol. The highest BCUT2D eigenvalue weighted by Gasteiger charge is 2.20. The third-order valence-corrected chi connectivity index (χ3v) is 2.75. The number of rotatable bonds is 2. The summed E-state index contributed by atoms with van der Waals surface area (Å²) < 4.78 is 0. The molecule has 0 aromatic carbocycles. The molecule has 4 heteroatoms. The molecule has 13 heavy (non-hydrogen) atoms. The average Bonchev–Trinajstić information content (AvgIpc) is 2.24. The minimum Gasteiger partial charge on any atom is -0.390 e. The molecule has 0 aliphatic rings. The highest BCUT2D eigenvalue weighted by molar-refractivity contribution is 7.16. The first kappa shape index (κ1) is 9.92. The number of nitrogens with two attached hydrogens (primary N) is 1. The van der Waals surface area contributed by atoms with Gasteiger partial charge < -0.3 is 5.73 Å². The van der Waals surface area contributed by atoms with Crippen LogP contribution in [-0.2, 0) is 0 Å². The zero-order chi connectivity index (χ0) is 10.2. The molecule has 0 aliphatic heterocycles. The van der Waals surface area contributed by atoms with Gasteiger partial charge in [-0.25, -0.2) is 0 Å². The number of hydrogen-bond acceptors (Lipinski definition) is 4. The highest BCUT2D eigenvalue weighted by atomic mass is 32.1. The number of thiophene rings is 1. The number of nitrogen functional groups attached to an aromatic ring is 1. The summed E-state index contributed by atoms with van der Waals surface area (Å²) in [5, 5.41) is 0.440. The van der Waals surface area contributed by atoms with Crippen molar-refractivity contribution in [2.75, 3.05) is 5.73 Å². The number of aryl methyl sites for hydroxylation is 1. The van der Waals surface area contributed by atoms with Crippen LogP contribution >= 0.6 is 11.3 Å². The molecule has 1 heterocycles. The van der Waals surface area contributed by atoms with Gasteiger partial charge in [-0.05, 0) is 20.8 Å². The first-order valence-corrected chi connectivity index (χ1v) is 4.67. The van der Waals surface area contributed by atoms with Crippen molar-refractivity contribution in [1.82, 2.24) is 0 Å². The van der Waals surface area contributed by atoms with E-state index < -0.39 is 0 Å². The molecule has 1 rings (SSSR count). The van der Waals surface area contributed by atoms with Crippen molar-refractivity contribution in [1.29, 1.82) is 0 Å². The summed E-state index contributed by atoms with van der Waals surface area (Å²) in [7, 11) is 0. The van der Waals surface area contributed by atoms with Gasteiger partial charge in [0.05, 0.1) is 10.6 Å². The van der Waals surface area contributed by atoms with E-state index in [1.165, 1.54) is 25.2 Å². The summed E-state index contributed by atoms with van der Waals surface area (Å²) in [5.74, 6) is -0.247. The van der Waals surface area contributed by atoms with Crippen LogP contribution in [-0.4, -0.2) is 11.6 Å². The van der Waals surface area contributed by atoms with Gasteiger partial charge in [-0.3, -0.25) is 9.59 Å². The molecule has 0 atom stereocenters. The second-order valence-corrected chi connectivity index (χ2v) is 4.14.